The van der Waals surface area contributed by atoms with Gasteiger partial charge < -0.3 is 4.90 Å². The van der Waals surface area contributed by atoms with Gasteiger partial charge in [-0.25, -0.2) is 0 Å². The minimum atomic E-state index is 0.953. The summed E-state index contributed by atoms with van der Waals surface area (Å²) in [5.41, 5.74) is 2.60. The van der Waals surface area contributed by atoms with E-state index < -0.39 is 0 Å². The summed E-state index contributed by atoms with van der Waals surface area (Å²) in [4.78, 5) is 2.42. The smallest absolute Gasteiger partial charge is 0.0374 e. The molecular weight excluding hydrogens is 290 g/mol. The van der Waals surface area contributed by atoms with Crippen molar-refractivity contribution in [1.82, 2.24) is 0 Å². The predicted molar refractivity (Wildman–Crippen MR) is 110 cm³/mol. The van der Waals surface area contributed by atoms with Crippen molar-refractivity contribution in [2.75, 3.05) is 18.0 Å². The molecule has 0 bridgehead atoms. The lowest BCUT2D eigenvalue weighted by Gasteiger charge is -2.22. The van der Waals surface area contributed by atoms with Crippen molar-refractivity contribution < 1.29 is 0 Å². The van der Waals surface area contributed by atoms with Crippen LogP contribution in [0.4, 0.5) is 5.69 Å². The van der Waals surface area contributed by atoms with Gasteiger partial charge in [0.05, 0.1) is 0 Å². The van der Waals surface area contributed by atoms with Crippen LogP contribution in [-0.4, -0.2) is 13.1 Å². The van der Waals surface area contributed by atoms with Crippen LogP contribution in [-0.2, 0) is 0 Å². The molecule has 0 aliphatic heterocycles. The molecule has 1 rings (SSSR count). The van der Waals surface area contributed by atoms with E-state index in [1.165, 1.54) is 24.1 Å². The molecule has 0 saturated heterocycles. The number of benzene rings is 1. The second-order valence-corrected chi connectivity index (χ2v) is 6.13. The number of unbranched alkanes of at least 4 members (excludes halogenated alkanes) is 4. The van der Waals surface area contributed by atoms with Crippen LogP contribution in [0.3, 0.4) is 0 Å². The molecule has 0 atom stereocenters. The van der Waals surface area contributed by atoms with Crippen LogP contribution >= 0.6 is 0 Å². The van der Waals surface area contributed by atoms with E-state index in [4.69, 9.17) is 0 Å². The highest BCUT2D eigenvalue weighted by Crippen LogP contribution is 2.16. The molecular formula is C23H33N. The maximum Gasteiger partial charge on any atom is 0.0374 e. The molecule has 1 aromatic carbocycles. The molecule has 130 valence electrons. The Balaban J connectivity index is 2.55. The van der Waals surface area contributed by atoms with Crippen molar-refractivity contribution in [3.63, 3.8) is 0 Å². The van der Waals surface area contributed by atoms with E-state index in [1.807, 2.05) is 12.2 Å². The van der Waals surface area contributed by atoms with E-state index >= 15 is 0 Å². The molecule has 0 saturated carbocycles. The van der Waals surface area contributed by atoms with E-state index in [2.05, 4.69) is 73.6 Å². The number of hydrogen-bond donors (Lipinski definition) is 0. The Morgan fingerprint density at radius 2 is 1.42 bits per heavy atom. The van der Waals surface area contributed by atoms with Crippen LogP contribution < -0.4 is 4.90 Å². The van der Waals surface area contributed by atoms with Gasteiger partial charge in [-0.15, -0.1) is 13.2 Å². The van der Waals surface area contributed by atoms with Gasteiger partial charge in [0.1, 0.15) is 0 Å². The molecule has 1 aromatic rings. The molecule has 1 heteroatoms. The fraction of sp³-hybridized carbons (Fsp3) is 0.391. The first kappa shape index (κ1) is 20.0. The van der Waals surface area contributed by atoms with Crippen LogP contribution in [0.2, 0.25) is 0 Å². The molecule has 0 radical (unpaired) electrons. The lowest BCUT2D eigenvalue weighted by atomic mass is 10.2. The number of aryl methyl sites for hydroxylation is 1. The Morgan fingerprint density at radius 3 is 1.92 bits per heavy atom. The molecule has 0 aliphatic rings. The first-order valence-corrected chi connectivity index (χ1v) is 9.11. The van der Waals surface area contributed by atoms with Gasteiger partial charge in [0.25, 0.3) is 0 Å². The molecule has 24 heavy (non-hydrogen) atoms. The largest absolute Gasteiger partial charge is 0.364 e. The standard InChI is InChI=1S/C23H33N/c1-4-6-8-10-12-14-19-24(20-15-13-11-9-7-5-2)23-18-16-17-22(3)21-23/h4-5,12-18,21H,1-2,6-11,19-20H2,3H3. The zero-order valence-corrected chi connectivity index (χ0v) is 15.3. The molecule has 0 amide bonds. The van der Waals surface area contributed by atoms with E-state index in [0.717, 1.165) is 38.8 Å². The van der Waals surface area contributed by atoms with Gasteiger partial charge >= 0.3 is 0 Å². The average molecular weight is 324 g/mol. The number of hydrogen-bond acceptors (Lipinski definition) is 1. The van der Waals surface area contributed by atoms with E-state index in [1.54, 1.807) is 0 Å². The molecule has 0 spiro atoms. The van der Waals surface area contributed by atoms with Crippen LogP contribution in [0.5, 0.6) is 0 Å². The molecule has 0 N–H and O–H groups in total. The Hall–Kier alpha value is -2.02. The van der Waals surface area contributed by atoms with E-state index in [0.29, 0.717) is 0 Å². The fourth-order valence-corrected chi connectivity index (χ4v) is 2.51. The van der Waals surface area contributed by atoms with Crippen LogP contribution in [0, 0.1) is 6.92 Å². The SMILES string of the molecule is C=CCCCC=CCN(CC=CCCCC=C)c1cccc(C)c1. The minimum absolute atomic E-state index is 0.953. The third-order valence-electron chi connectivity index (χ3n) is 3.91. The van der Waals surface area contributed by atoms with E-state index in [9.17, 15) is 0 Å². The summed E-state index contributed by atoms with van der Waals surface area (Å²) in [7, 11) is 0. The predicted octanol–water partition coefficient (Wildman–Crippen LogP) is 6.63. The molecule has 0 aromatic heterocycles. The summed E-state index contributed by atoms with van der Waals surface area (Å²) in [5.74, 6) is 0. The highest BCUT2D eigenvalue weighted by Gasteiger charge is 2.02. The Kier molecular flexibility index (Phi) is 11.2. The maximum absolute atomic E-state index is 3.77. The minimum Gasteiger partial charge on any atom is -0.364 e. The van der Waals surface area contributed by atoms with Crippen molar-refractivity contribution in [3.05, 3.63) is 79.4 Å². The van der Waals surface area contributed by atoms with Gasteiger partial charge in [-0.2, -0.15) is 0 Å². The van der Waals surface area contributed by atoms with Crippen molar-refractivity contribution >= 4 is 5.69 Å². The van der Waals surface area contributed by atoms with Crippen molar-refractivity contribution in [2.24, 2.45) is 0 Å². The molecule has 0 heterocycles. The first-order chi connectivity index (χ1) is 11.8. The zero-order valence-electron chi connectivity index (χ0n) is 15.3. The second-order valence-electron chi connectivity index (χ2n) is 6.13. The quantitative estimate of drug-likeness (QED) is 0.291. The van der Waals surface area contributed by atoms with Gasteiger partial charge in [0, 0.05) is 18.8 Å². The first-order valence-electron chi connectivity index (χ1n) is 9.11. The average Bonchev–Trinajstić information content (AvgIpc) is 2.59. The van der Waals surface area contributed by atoms with Crippen molar-refractivity contribution in [3.8, 4) is 0 Å². The highest BCUT2D eigenvalue weighted by atomic mass is 15.1. The second kappa shape index (κ2) is 13.4. The maximum atomic E-state index is 3.77. The van der Waals surface area contributed by atoms with Crippen molar-refractivity contribution in [1.29, 1.82) is 0 Å². The highest BCUT2D eigenvalue weighted by molar-refractivity contribution is 5.49. The van der Waals surface area contributed by atoms with Gasteiger partial charge in [-0.05, 0) is 63.1 Å². The Morgan fingerprint density at radius 1 is 0.833 bits per heavy atom. The van der Waals surface area contributed by atoms with Crippen molar-refractivity contribution in [2.45, 2.75) is 45.4 Å². The normalized spacial score (nSPS) is 11.2. The molecule has 0 fully saturated rings. The van der Waals surface area contributed by atoms with Crippen LogP contribution in [0.1, 0.15) is 44.1 Å². The zero-order chi connectivity index (χ0) is 17.5. The number of rotatable bonds is 13. The summed E-state index contributed by atoms with van der Waals surface area (Å²) in [5, 5.41) is 0. The fourth-order valence-electron chi connectivity index (χ4n) is 2.51. The third-order valence-corrected chi connectivity index (χ3v) is 3.91. The molecule has 0 unspecified atom stereocenters. The molecule has 0 aliphatic carbocycles. The summed E-state index contributed by atoms with van der Waals surface area (Å²) in [6, 6.07) is 8.75. The topological polar surface area (TPSA) is 3.24 Å². The van der Waals surface area contributed by atoms with Gasteiger partial charge in [-0.1, -0.05) is 48.6 Å². The number of anilines is 1. The third kappa shape index (κ3) is 9.19. The van der Waals surface area contributed by atoms with E-state index in [-0.39, 0.29) is 0 Å². The summed E-state index contributed by atoms with van der Waals surface area (Å²) in [6.45, 7) is 11.6. The summed E-state index contributed by atoms with van der Waals surface area (Å²) >= 11 is 0. The van der Waals surface area contributed by atoms with Gasteiger partial charge in [-0.3, -0.25) is 0 Å². The number of allylic oxidation sites excluding steroid dienone is 4. The monoisotopic (exact) mass is 323 g/mol. The van der Waals surface area contributed by atoms with Gasteiger partial charge in [0.2, 0.25) is 0 Å². The summed E-state index contributed by atoms with van der Waals surface area (Å²) in [6.07, 6.45) is 20.0. The Bertz CT molecular complexity index is 499. The van der Waals surface area contributed by atoms with Gasteiger partial charge in [0.15, 0.2) is 0 Å². The summed E-state index contributed by atoms with van der Waals surface area (Å²) < 4.78 is 0. The lowest BCUT2D eigenvalue weighted by Crippen LogP contribution is -2.23. The van der Waals surface area contributed by atoms with Crippen LogP contribution in [0.15, 0.2) is 73.9 Å². The lowest BCUT2D eigenvalue weighted by molar-refractivity contribution is 0.857. The van der Waals surface area contributed by atoms with Crippen LogP contribution in [0.25, 0.3) is 0 Å². The number of nitrogens with zero attached hydrogens (tertiary/aromatic N) is 1. The Labute approximate surface area is 149 Å². The molecule has 1 nitrogen and oxygen atoms in total.